The zero-order chi connectivity index (χ0) is 21.5. The first-order chi connectivity index (χ1) is 15.0. The first kappa shape index (κ1) is 19.7. The van der Waals surface area contributed by atoms with Crippen LogP contribution < -0.4 is 11.3 Å². The first-order valence-electron chi connectivity index (χ1n) is 9.74. The molecule has 8 heteroatoms. The van der Waals surface area contributed by atoms with Crippen molar-refractivity contribution in [2.24, 2.45) is 4.99 Å². The number of rotatable bonds is 4. The summed E-state index contributed by atoms with van der Waals surface area (Å²) < 4.78 is 2.37. The van der Waals surface area contributed by atoms with Crippen LogP contribution in [0.2, 0.25) is 0 Å². The highest BCUT2D eigenvalue weighted by atomic mass is 32.2. The lowest BCUT2D eigenvalue weighted by atomic mass is 9.99. The van der Waals surface area contributed by atoms with Gasteiger partial charge in [-0.1, -0.05) is 65.1 Å². The Labute approximate surface area is 187 Å². The lowest BCUT2D eigenvalue weighted by Crippen LogP contribution is -2.17. The number of hydrogen-bond acceptors (Lipinski definition) is 7. The summed E-state index contributed by atoms with van der Waals surface area (Å²) in [6.07, 6.45) is 1.79. The van der Waals surface area contributed by atoms with Gasteiger partial charge in [0.1, 0.15) is 5.82 Å². The number of anilines is 1. The Morgan fingerprint density at radius 2 is 1.97 bits per heavy atom. The SMILES string of the molecule is CC1=Nc2ccc(C)cc2/C1=C\c1c(N)n2nc(SCc3ccccc3)sc2nc1=O. The van der Waals surface area contributed by atoms with Gasteiger partial charge < -0.3 is 5.73 Å². The van der Waals surface area contributed by atoms with E-state index in [1.807, 2.05) is 44.2 Å². The number of aromatic nitrogens is 3. The summed E-state index contributed by atoms with van der Waals surface area (Å²) in [7, 11) is 0. The fourth-order valence-corrected chi connectivity index (χ4v) is 5.39. The number of aryl methyl sites for hydroxylation is 1. The van der Waals surface area contributed by atoms with Crippen LogP contribution in [0.3, 0.4) is 0 Å². The van der Waals surface area contributed by atoms with Gasteiger partial charge in [-0.05, 0) is 37.6 Å². The summed E-state index contributed by atoms with van der Waals surface area (Å²) >= 11 is 2.97. The first-order valence-corrected chi connectivity index (χ1v) is 11.5. The number of nitrogens with two attached hydrogens (primary N) is 1. The molecule has 0 bridgehead atoms. The van der Waals surface area contributed by atoms with Crippen LogP contribution in [0.5, 0.6) is 0 Å². The van der Waals surface area contributed by atoms with Crippen LogP contribution in [0, 0.1) is 6.92 Å². The van der Waals surface area contributed by atoms with Crippen LogP contribution in [0.4, 0.5) is 11.5 Å². The zero-order valence-electron chi connectivity index (χ0n) is 17.0. The van der Waals surface area contributed by atoms with E-state index in [9.17, 15) is 4.79 Å². The van der Waals surface area contributed by atoms with Crippen LogP contribution in [0.25, 0.3) is 16.6 Å². The molecular formula is C23H19N5OS2. The van der Waals surface area contributed by atoms with Crippen molar-refractivity contribution in [3.05, 3.63) is 81.1 Å². The largest absolute Gasteiger partial charge is 0.383 e. The van der Waals surface area contributed by atoms with E-state index in [4.69, 9.17) is 5.73 Å². The minimum Gasteiger partial charge on any atom is -0.383 e. The molecule has 0 unspecified atom stereocenters. The van der Waals surface area contributed by atoms with Crippen molar-refractivity contribution >= 4 is 56.9 Å². The Balaban J connectivity index is 1.53. The summed E-state index contributed by atoms with van der Waals surface area (Å²) in [5, 5.41) is 4.59. The van der Waals surface area contributed by atoms with Crippen LogP contribution in [0.1, 0.15) is 29.2 Å². The van der Waals surface area contributed by atoms with E-state index in [1.54, 1.807) is 22.4 Å². The smallest absolute Gasteiger partial charge is 0.283 e. The average Bonchev–Trinajstić information content (AvgIpc) is 3.30. The number of nitrogens with zero attached hydrogens (tertiary/aromatic N) is 4. The quantitative estimate of drug-likeness (QED) is 0.448. The molecule has 0 saturated heterocycles. The molecular weight excluding hydrogens is 426 g/mol. The third-order valence-corrected chi connectivity index (χ3v) is 7.20. The molecule has 0 radical (unpaired) electrons. The van der Waals surface area contributed by atoms with Gasteiger partial charge in [0.2, 0.25) is 4.96 Å². The molecule has 0 saturated carbocycles. The molecule has 3 heterocycles. The van der Waals surface area contributed by atoms with Crippen molar-refractivity contribution in [1.82, 2.24) is 14.6 Å². The Morgan fingerprint density at radius 3 is 2.77 bits per heavy atom. The minimum atomic E-state index is -0.359. The van der Waals surface area contributed by atoms with E-state index in [0.717, 1.165) is 38.2 Å². The van der Waals surface area contributed by atoms with Gasteiger partial charge in [-0.2, -0.15) is 9.50 Å². The van der Waals surface area contributed by atoms with E-state index in [0.29, 0.717) is 16.3 Å². The number of fused-ring (bicyclic) bond motifs is 2. The van der Waals surface area contributed by atoms with Crippen molar-refractivity contribution in [3.63, 3.8) is 0 Å². The van der Waals surface area contributed by atoms with E-state index in [-0.39, 0.29) is 5.56 Å². The van der Waals surface area contributed by atoms with Crippen molar-refractivity contribution in [2.45, 2.75) is 23.9 Å². The molecule has 0 amide bonds. The van der Waals surface area contributed by atoms with Gasteiger partial charge in [0, 0.05) is 22.6 Å². The molecule has 31 heavy (non-hydrogen) atoms. The second kappa shape index (κ2) is 7.79. The van der Waals surface area contributed by atoms with Gasteiger partial charge in [-0.25, -0.2) is 0 Å². The molecule has 4 aromatic rings. The topological polar surface area (TPSA) is 85.6 Å². The normalized spacial score (nSPS) is 14.3. The Kier molecular flexibility index (Phi) is 4.95. The molecule has 0 atom stereocenters. The summed E-state index contributed by atoms with van der Waals surface area (Å²) in [4.78, 5) is 22.1. The van der Waals surface area contributed by atoms with Crippen LogP contribution in [-0.4, -0.2) is 20.3 Å². The summed E-state index contributed by atoms with van der Waals surface area (Å²) in [6.45, 7) is 3.97. The van der Waals surface area contributed by atoms with Crippen molar-refractivity contribution < 1.29 is 0 Å². The van der Waals surface area contributed by atoms with Crippen molar-refractivity contribution in [2.75, 3.05) is 5.73 Å². The van der Waals surface area contributed by atoms with Gasteiger partial charge in [0.15, 0.2) is 4.34 Å². The second-order valence-corrected chi connectivity index (χ2v) is 9.51. The predicted octanol–water partition coefficient (Wildman–Crippen LogP) is 4.98. The fraction of sp³-hybridized carbons (Fsp3) is 0.130. The monoisotopic (exact) mass is 445 g/mol. The maximum atomic E-state index is 12.8. The van der Waals surface area contributed by atoms with Crippen LogP contribution >= 0.6 is 23.1 Å². The van der Waals surface area contributed by atoms with E-state index in [1.165, 1.54) is 16.9 Å². The molecule has 154 valence electrons. The Hall–Kier alpha value is -3.23. The van der Waals surface area contributed by atoms with E-state index < -0.39 is 0 Å². The second-order valence-electron chi connectivity index (χ2n) is 7.33. The van der Waals surface area contributed by atoms with E-state index >= 15 is 0 Å². The maximum Gasteiger partial charge on any atom is 0.283 e. The summed E-state index contributed by atoms with van der Waals surface area (Å²) in [5.74, 6) is 1.08. The number of hydrogen-bond donors (Lipinski definition) is 1. The van der Waals surface area contributed by atoms with Gasteiger partial charge in [-0.15, -0.1) is 5.10 Å². The Bertz CT molecular complexity index is 1430. The molecule has 2 aromatic heterocycles. The van der Waals surface area contributed by atoms with Crippen LogP contribution in [0.15, 0.2) is 62.7 Å². The molecule has 5 rings (SSSR count). The number of aliphatic imine (C=N–C) groups is 1. The molecule has 6 nitrogen and oxygen atoms in total. The Morgan fingerprint density at radius 1 is 1.16 bits per heavy atom. The molecule has 2 N–H and O–H groups in total. The number of nitrogen functional groups attached to an aromatic ring is 1. The van der Waals surface area contributed by atoms with Crippen molar-refractivity contribution in [3.8, 4) is 0 Å². The van der Waals surface area contributed by atoms with Gasteiger partial charge in [-0.3, -0.25) is 9.79 Å². The third kappa shape index (κ3) is 3.68. The van der Waals surface area contributed by atoms with Gasteiger partial charge in [0.25, 0.3) is 5.56 Å². The molecule has 1 aliphatic rings. The lowest BCUT2D eigenvalue weighted by molar-refractivity contribution is 0.894. The number of allylic oxidation sites excluding steroid dienone is 1. The van der Waals surface area contributed by atoms with Gasteiger partial charge in [0.05, 0.1) is 11.3 Å². The maximum absolute atomic E-state index is 12.8. The number of thioether (sulfide) groups is 1. The molecule has 1 aliphatic heterocycles. The molecule has 0 fully saturated rings. The number of benzene rings is 2. The van der Waals surface area contributed by atoms with Crippen molar-refractivity contribution in [1.29, 1.82) is 0 Å². The standard InChI is InChI=1S/C23H19N5OS2/c1-13-8-9-19-17(10-13)16(14(2)25-19)11-18-20(24)28-22(26-21(18)29)31-23(27-28)30-12-15-6-4-3-5-7-15/h3-11H,12,24H2,1-2H3/b16-11-. The summed E-state index contributed by atoms with van der Waals surface area (Å²) in [6, 6.07) is 16.3. The molecule has 0 aliphatic carbocycles. The predicted molar refractivity (Wildman–Crippen MR) is 129 cm³/mol. The lowest BCUT2D eigenvalue weighted by Gasteiger charge is -2.05. The highest BCUT2D eigenvalue weighted by Crippen LogP contribution is 2.37. The third-order valence-electron chi connectivity index (χ3n) is 5.09. The van der Waals surface area contributed by atoms with Crippen LogP contribution in [-0.2, 0) is 5.75 Å². The highest BCUT2D eigenvalue weighted by Gasteiger charge is 2.20. The van der Waals surface area contributed by atoms with E-state index in [2.05, 4.69) is 33.3 Å². The molecule has 2 aromatic carbocycles. The van der Waals surface area contributed by atoms with Gasteiger partial charge >= 0.3 is 0 Å². The fourth-order valence-electron chi connectivity index (χ4n) is 3.50. The minimum absolute atomic E-state index is 0.291. The highest BCUT2D eigenvalue weighted by molar-refractivity contribution is 8.00. The molecule has 0 spiro atoms. The summed E-state index contributed by atoms with van der Waals surface area (Å²) in [5.41, 5.74) is 12.3. The zero-order valence-corrected chi connectivity index (χ0v) is 18.6. The average molecular weight is 446 g/mol.